The molecule has 0 unspecified atom stereocenters. The fourth-order valence-electron chi connectivity index (χ4n) is 1.28. The molecule has 0 bridgehead atoms. The average molecular weight is 304 g/mol. The smallest absolute Gasteiger partial charge is 0.265 e. The number of hydrogen-bond acceptors (Lipinski definition) is 7. The number of hydrogen-bond donors (Lipinski definition) is 3. The van der Waals surface area contributed by atoms with Crippen molar-refractivity contribution in [2.45, 2.75) is 11.8 Å². The molecule has 8 nitrogen and oxygen atoms in total. The summed E-state index contributed by atoms with van der Waals surface area (Å²) in [5.74, 6) is 5.34. The molecular formula is C9H10ClN5O3S. The fourth-order valence-corrected chi connectivity index (χ4v) is 2.51. The van der Waals surface area contributed by atoms with Gasteiger partial charge in [-0.2, -0.15) is 0 Å². The van der Waals surface area contributed by atoms with Crippen LogP contribution in [0.25, 0.3) is 0 Å². The normalized spacial score (nSPS) is 11.3. The van der Waals surface area contributed by atoms with Crippen LogP contribution >= 0.6 is 11.6 Å². The van der Waals surface area contributed by atoms with E-state index in [1.165, 1.54) is 12.1 Å². The largest absolute Gasteiger partial charge is 0.338 e. The Bertz CT molecular complexity index is 700. The highest BCUT2D eigenvalue weighted by Gasteiger charge is 2.18. The monoisotopic (exact) mass is 303 g/mol. The Balaban J connectivity index is 2.31. The van der Waals surface area contributed by atoms with Crippen LogP contribution in [-0.2, 0) is 10.0 Å². The highest BCUT2D eigenvalue weighted by atomic mass is 35.5. The molecule has 0 radical (unpaired) electrons. The van der Waals surface area contributed by atoms with E-state index in [-0.39, 0.29) is 21.6 Å². The van der Waals surface area contributed by atoms with Crippen LogP contribution < -0.4 is 16.0 Å². The first-order valence-electron chi connectivity index (χ1n) is 5.00. The molecule has 2 aromatic rings. The van der Waals surface area contributed by atoms with Gasteiger partial charge in [0.05, 0.1) is 10.7 Å². The van der Waals surface area contributed by atoms with Crippen molar-refractivity contribution >= 4 is 33.3 Å². The Kier molecular flexibility index (Phi) is 3.60. The molecule has 0 atom stereocenters. The molecule has 0 aliphatic heterocycles. The minimum Gasteiger partial charge on any atom is -0.338 e. The summed E-state index contributed by atoms with van der Waals surface area (Å²) in [6.07, 6.45) is 1.12. The van der Waals surface area contributed by atoms with Crippen LogP contribution in [-0.4, -0.2) is 18.6 Å². The topological polar surface area (TPSA) is 123 Å². The predicted octanol–water partition coefficient (Wildman–Crippen LogP) is 1.12. The standard InChI is InChI=1S/C9H10ClN5O3S/c1-5-2-8(18-14-5)15-19(16,17)6-3-7(10)9(13-11)12-4-6/h2-4,15H,11H2,1H3,(H,12,13). The van der Waals surface area contributed by atoms with Gasteiger partial charge in [0, 0.05) is 12.3 Å². The van der Waals surface area contributed by atoms with Crippen molar-refractivity contribution in [3.05, 3.63) is 29.0 Å². The maximum atomic E-state index is 12.0. The van der Waals surface area contributed by atoms with E-state index in [9.17, 15) is 8.42 Å². The van der Waals surface area contributed by atoms with E-state index in [1.807, 2.05) is 0 Å². The van der Waals surface area contributed by atoms with Crippen LogP contribution in [0.4, 0.5) is 11.7 Å². The third kappa shape index (κ3) is 2.95. The lowest BCUT2D eigenvalue weighted by Gasteiger charge is -2.06. The Morgan fingerprint density at radius 2 is 2.16 bits per heavy atom. The van der Waals surface area contributed by atoms with Crippen molar-refractivity contribution < 1.29 is 12.9 Å². The molecule has 0 spiro atoms. The lowest BCUT2D eigenvalue weighted by Crippen LogP contribution is -2.14. The lowest BCUT2D eigenvalue weighted by molar-refractivity contribution is 0.430. The molecular weight excluding hydrogens is 294 g/mol. The molecule has 19 heavy (non-hydrogen) atoms. The van der Waals surface area contributed by atoms with Crippen LogP contribution in [0.5, 0.6) is 0 Å². The van der Waals surface area contributed by atoms with E-state index in [1.54, 1.807) is 6.92 Å². The van der Waals surface area contributed by atoms with Crippen molar-refractivity contribution in [3.8, 4) is 0 Å². The summed E-state index contributed by atoms with van der Waals surface area (Å²) in [5, 5.41) is 3.65. The minimum atomic E-state index is -3.85. The number of pyridine rings is 1. The summed E-state index contributed by atoms with van der Waals surface area (Å²) in [5.41, 5.74) is 2.79. The summed E-state index contributed by atoms with van der Waals surface area (Å²) < 4.78 is 31.0. The summed E-state index contributed by atoms with van der Waals surface area (Å²) in [4.78, 5) is 3.66. The van der Waals surface area contributed by atoms with E-state index in [2.05, 4.69) is 20.3 Å². The number of nitrogens with two attached hydrogens (primary N) is 1. The number of hydrazine groups is 1. The summed E-state index contributed by atoms with van der Waals surface area (Å²) in [7, 11) is -3.85. The number of aromatic nitrogens is 2. The van der Waals surface area contributed by atoms with Crippen molar-refractivity contribution in [2.24, 2.45) is 5.84 Å². The molecule has 0 amide bonds. The second-order valence-corrected chi connectivity index (χ2v) is 5.67. The second-order valence-electron chi connectivity index (χ2n) is 3.58. The maximum absolute atomic E-state index is 12.0. The van der Waals surface area contributed by atoms with E-state index in [4.69, 9.17) is 22.0 Å². The molecule has 2 aromatic heterocycles. The van der Waals surface area contributed by atoms with Gasteiger partial charge < -0.3 is 9.95 Å². The Morgan fingerprint density at radius 1 is 1.42 bits per heavy atom. The molecule has 0 aromatic carbocycles. The molecule has 102 valence electrons. The quantitative estimate of drug-likeness (QED) is 0.571. The second kappa shape index (κ2) is 5.03. The molecule has 2 heterocycles. The van der Waals surface area contributed by atoms with Crippen LogP contribution in [0, 0.1) is 6.92 Å². The van der Waals surface area contributed by atoms with Crippen molar-refractivity contribution in [3.63, 3.8) is 0 Å². The molecule has 4 N–H and O–H groups in total. The summed E-state index contributed by atoms with van der Waals surface area (Å²) in [6.45, 7) is 1.67. The Labute approximate surface area is 114 Å². The maximum Gasteiger partial charge on any atom is 0.265 e. The third-order valence-corrected chi connectivity index (χ3v) is 3.73. The summed E-state index contributed by atoms with van der Waals surface area (Å²) >= 11 is 5.81. The number of rotatable bonds is 4. The van der Waals surface area contributed by atoms with Crippen LogP contribution in [0.15, 0.2) is 27.7 Å². The van der Waals surface area contributed by atoms with Gasteiger partial charge in [0.25, 0.3) is 10.0 Å². The average Bonchev–Trinajstić information content (AvgIpc) is 2.73. The molecule has 0 saturated carbocycles. The van der Waals surface area contributed by atoms with E-state index in [0.717, 1.165) is 6.20 Å². The first-order chi connectivity index (χ1) is 8.92. The molecule has 0 saturated heterocycles. The number of halogens is 1. The van der Waals surface area contributed by atoms with Crippen molar-refractivity contribution in [1.82, 2.24) is 10.1 Å². The van der Waals surface area contributed by atoms with Gasteiger partial charge in [-0.1, -0.05) is 16.8 Å². The van der Waals surface area contributed by atoms with Crippen LogP contribution in [0.1, 0.15) is 5.69 Å². The fraction of sp³-hybridized carbons (Fsp3) is 0.111. The number of aryl methyl sites for hydroxylation is 1. The molecule has 0 aliphatic carbocycles. The zero-order valence-corrected chi connectivity index (χ0v) is 11.3. The van der Waals surface area contributed by atoms with Gasteiger partial charge in [-0.15, -0.1) is 0 Å². The number of sulfonamides is 1. The van der Waals surface area contributed by atoms with Gasteiger partial charge in [0.1, 0.15) is 4.90 Å². The first-order valence-corrected chi connectivity index (χ1v) is 6.87. The van der Waals surface area contributed by atoms with Gasteiger partial charge >= 0.3 is 0 Å². The van der Waals surface area contributed by atoms with Gasteiger partial charge in [-0.3, -0.25) is 0 Å². The number of nitrogens with zero attached hydrogens (tertiary/aromatic N) is 2. The van der Waals surface area contributed by atoms with Crippen LogP contribution in [0.2, 0.25) is 5.02 Å². The summed E-state index contributed by atoms with van der Waals surface area (Å²) in [6, 6.07) is 2.66. The van der Waals surface area contributed by atoms with Gasteiger partial charge in [-0.25, -0.2) is 24.0 Å². The highest BCUT2D eigenvalue weighted by molar-refractivity contribution is 7.92. The molecule has 0 fully saturated rings. The highest BCUT2D eigenvalue weighted by Crippen LogP contribution is 2.23. The number of nitrogen functional groups attached to an aromatic ring is 1. The van der Waals surface area contributed by atoms with Gasteiger partial charge in [0.2, 0.25) is 5.88 Å². The molecule has 2 rings (SSSR count). The first kappa shape index (κ1) is 13.6. The zero-order chi connectivity index (χ0) is 14.0. The van der Waals surface area contributed by atoms with Gasteiger partial charge in [0.15, 0.2) is 5.82 Å². The number of anilines is 2. The predicted molar refractivity (Wildman–Crippen MR) is 69.1 cm³/mol. The SMILES string of the molecule is Cc1cc(NS(=O)(=O)c2cnc(NN)c(Cl)c2)on1. The van der Waals surface area contributed by atoms with Crippen LogP contribution in [0.3, 0.4) is 0 Å². The molecule has 10 heteroatoms. The Hall–Kier alpha value is -1.84. The minimum absolute atomic E-state index is 0.00893. The third-order valence-electron chi connectivity index (χ3n) is 2.13. The van der Waals surface area contributed by atoms with E-state index in [0.29, 0.717) is 5.69 Å². The van der Waals surface area contributed by atoms with Crippen molar-refractivity contribution in [2.75, 3.05) is 10.1 Å². The molecule has 0 aliphatic rings. The van der Waals surface area contributed by atoms with Gasteiger partial charge in [-0.05, 0) is 13.0 Å². The zero-order valence-electron chi connectivity index (χ0n) is 9.71. The van der Waals surface area contributed by atoms with E-state index < -0.39 is 10.0 Å². The number of nitrogens with one attached hydrogen (secondary N) is 2. The lowest BCUT2D eigenvalue weighted by atomic mass is 10.5. The van der Waals surface area contributed by atoms with E-state index >= 15 is 0 Å². The Morgan fingerprint density at radius 3 is 2.68 bits per heavy atom. The van der Waals surface area contributed by atoms with Crippen molar-refractivity contribution in [1.29, 1.82) is 0 Å².